The van der Waals surface area contributed by atoms with Gasteiger partial charge < -0.3 is 14.8 Å². The number of aldehydes is 1. The average molecular weight is 263 g/mol. The molecule has 1 aromatic heterocycles. The molecule has 0 aromatic carbocycles. The minimum absolute atomic E-state index is 0.0338. The molecule has 0 amide bonds. The first-order valence-electron chi connectivity index (χ1n) is 6.08. The predicted octanol–water partition coefficient (Wildman–Crippen LogP) is 1.22. The Morgan fingerprint density at radius 1 is 1.47 bits per heavy atom. The molecule has 0 spiro atoms. The van der Waals surface area contributed by atoms with Crippen LogP contribution in [0.4, 0.5) is 0 Å². The molecule has 1 rings (SSSR count). The third-order valence-corrected chi connectivity index (χ3v) is 2.89. The van der Waals surface area contributed by atoms with Gasteiger partial charge in [-0.05, 0) is 18.8 Å². The summed E-state index contributed by atoms with van der Waals surface area (Å²) in [6.45, 7) is 1.90. The van der Waals surface area contributed by atoms with E-state index in [1.54, 1.807) is 7.05 Å². The van der Waals surface area contributed by atoms with Gasteiger partial charge >= 0.3 is 5.97 Å². The van der Waals surface area contributed by atoms with Gasteiger partial charge in [0.15, 0.2) is 6.29 Å². The number of nitrogens with zero attached hydrogens (tertiary/aromatic N) is 1. The lowest BCUT2D eigenvalue weighted by Crippen LogP contribution is -2.04. The minimum Gasteiger partial charge on any atom is -0.478 e. The van der Waals surface area contributed by atoms with Gasteiger partial charge in [-0.3, -0.25) is 4.79 Å². The van der Waals surface area contributed by atoms with Crippen molar-refractivity contribution in [1.29, 1.82) is 0 Å². The van der Waals surface area contributed by atoms with Crippen molar-refractivity contribution in [2.45, 2.75) is 26.2 Å². The number of carboxylic acids is 1. The van der Waals surface area contributed by atoms with E-state index in [9.17, 15) is 14.7 Å². The van der Waals surface area contributed by atoms with Gasteiger partial charge in [-0.1, -0.05) is 12.8 Å². The Kier molecular flexibility index (Phi) is 5.34. The van der Waals surface area contributed by atoms with Crippen LogP contribution in [0.2, 0.25) is 0 Å². The van der Waals surface area contributed by atoms with Crippen LogP contribution in [0.3, 0.4) is 0 Å². The van der Waals surface area contributed by atoms with Crippen molar-refractivity contribution in [2.24, 2.45) is 7.05 Å². The molecule has 19 heavy (non-hydrogen) atoms. The van der Waals surface area contributed by atoms with Crippen molar-refractivity contribution in [3.8, 4) is 11.8 Å². The highest BCUT2D eigenvalue weighted by atomic mass is 16.4. The van der Waals surface area contributed by atoms with Crippen LogP contribution in [0.1, 0.15) is 51.9 Å². The fourth-order valence-electron chi connectivity index (χ4n) is 1.96. The van der Waals surface area contributed by atoms with Gasteiger partial charge in [0.2, 0.25) is 0 Å². The number of aliphatic hydroxyl groups excluding tert-OH is 1. The first-order valence-corrected chi connectivity index (χ1v) is 6.08. The maximum Gasteiger partial charge on any atom is 0.338 e. The molecule has 5 heteroatoms. The number of hydrogen-bond donors (Lipinski definition) is 2. The quantitative estimate of drug-likeness (QED) is 0.475. The van der Waals surface area contributed by atoms with E-state index >= 15 is 0 Å². The summed E-state index contributed by atoms with van der Waals surface area (Å²) in [5.41, 5.74) is 1.30. The maximum atomic E-state index is 11.2. The summed E-state index contributed by atoms with van der Waals surface area (Å²) >= 11 is 0. The number of rotatable bonds is 5. The lowest BCUT2D eigenvalue weighted by atomic mass is 10.1. The summed E-state index contributed by atoms with van der Waals surface area (Å²) in [7, 11) is 1.63. The molecule has 0 aliphatic rings. The van der Waals surface area contributed by atoms with Crippen LogP contribution < -0.4 is 0 Å². The molecule has 2 N–H and O–H groups in total. The normalized spacial score (nSPS) is 9.84. The van der Waals surface area contributed by atoms with Crippen molar-refractivity contribution in [3.63, 3.8) is 0 Å². The van der Waals surface area contributed by atoms with Gasteiger partial charge in [0.25, 0.3) is 0 Å². The molecule has 0 radical (unpaired) electrons. The third kappa shape index (κ3) is 3.04. The highest BCUT2D eigenvalue weighted by molar-refractivity contribution is 5.98. The molecule has 0 bridgehead atoms. The summed E-state index contributed by atoms with van der Waals surface area (Å²) < 4.78 is 1.52. The maximum absolute atomic E-state index is 11.2. The molecule has 0 unspecified atom stereocenters. The fraction of sp³-hybridized carbons (Fsp3) is 0.429. The highest BCUT2D eigenvalue weighted by Crippen LogP contribution is 2.21. The van der Waals surface area contributed by atoms with Crippen LogP contribution in [0.5, 0.6) is 0 Å². The average Bonchev–Trinajstić information content (AvgIpc) is 2.67. The molecule has 0 fully saturated rings. The number of aromatic carboxylic acids is 1. The molecule has 0 saturated heterocycles. The summed E-state index contributed by atoms with van der Waals surface area (Å²) in [5, 5.41) is 17.9. The van der Waals surface area contributed by atoms with Crippen molar-refractivity contribution < 1.29 is 19.8 Å². The number of hydrogen-bond acceptors (Lipinski definition) is 3. The van der Waals surface area contributed by atoms with E-state index < -0.39 is 5.97 Å². The second-order valence-corrected chi connectivity index (χ2v) is 4.05. The van der Waals surface area contributed by atoms with Gasteiger partial charge in [-0.25, -0.2) is 4.79 Å². The number of aromatic nitrogens is 1. The standard InChI is InChI=1S/C14H17NO4/c1-3-10-11(7-5-4-6-8-16)15(2)12(9-17)13(10)14(18)19/h9,16H,3-4,6,8H2,1-2H3,(H,18,19). The molecular weight excluding hydrogens is 246 g/mol. The highest BCUT2D eigenvalue weighted by Gasteiger charge is 2.23. The van der Waals surface area contributed by atoms with Gasteiger partial charge in [-0.15, -0.1) is 0 Å². The smallest absolute Gasteiger partial charge is 0.338 e. The van der Waals surface area contributed by atoms with E-state index in [-0.39, 0.29) is 17.9 Å². The van der Waals surface area contributed by atoms with Crippen LogP contribution in [-0.4, -0.2) is 33.6 Å². The lowest BCUT2D eigenvalue weighted by Gasteiger charge is -1.98. The summed E-state index contributed by atoms with van der Waals surface area (Å²) in [6.07, 6.45) is 2.14. The van der Waals surface area contributed by atoms with Crippen LogP contribution >= 0.6 is 0 Å². The lowest BCUT2D eigenvalue weighted by molar-refractivity contribution is 0.0692. The van der Waals surface area contributed by atoms with Crippen LogP contribution in [-0.2, 0) is 13.5 Å². The van der Waals surface area contributed by atoms with E-state index in [1.165, 1.54) is 4.57 Å². The molecule has 0 aliphatic heterocycles. The van der Waals surface area contributed by atoms with Crippen LogP contribution in [0, 0.1) is 11.8 Å². The largest absolute Gasteiger partial charge is 0.478 e. The zero-order chi connectivity index (χ0) is 14.4. The molecule has 0 saturated carbocycles. The molecular formula is C14H17NO4. The minimum atomic E-state index is -1.11. The summed E-state index contributed by atoms with van der Waals surface area (Å²) in [4.78, 5) is 22.3. The van der Waals surface area contributed by atoms with E-state index in [1.807, 2.05) is 6.92 Å². The number of carbonyl (C=O) groups is 2. The number of carboxylic acid groups (broad SMARTS) is 1. The second kappa shape index (κ2) is 6.76. The van der Waals surface area contributed by atoms with Crippen molar-refractivity contribution in [3.05, 3.63) is 22.5 Å². The van der Waals surface area contributed by atoms with Gasteiger partial charge in [0, 0.05) is 25.6 Å². The molecule has 0 atom stereocenters. The Balaban J connectivity index is 3.33. The SMILES string of the molecule is CCc1c(C(=O)O)c(C=O)n(C)c1C#CCCCO. The van der Waals surface area contributed by atoms with Gasteiger partial charge in [-0.2, -0.15) is 0 Å². The first-order chi connectivity index (χ1) is 9.08. The monoisotopic (exact) mass is 263 g/mol. The predicted molar refractivity (Wildman–Crippen MR) is 70.3 cm³/mol. The van der Waals surface area contributed by atoms with Gasteiger partial charge in [0.1, 0.15) is 0 Å². The summed E-state index contributed by atoms with van der Waals surface area (Å²) in [6, 6.07) is 0. The van der Waals surface area contributed by atoms with Crippen molar-refractivity contribution in [2.75, 3.05) is 6.61 Å². The molecule has 1 aromatic rings. The van der Waals surface area contributed by atoms with Crippen molar-refractivity contribution in [1.82, 2.24) is 4.57 Å². The topological polar surface area (TPSA) is 79.5 Å². The Labute approximate surface area is 111 Å². The van der Waals surface area contributed by atoms with Gasteiger partial charge in [0.05, 0.1) is 17.0 Å². The molecule has 5 nitrogen and oxygen atoms in total. The first kappa shape index (κ1) is 15.0. The fourth-order valence-corrected chi connectivity index (χ4v) is 1.96. The second-order valence-electron chi connectivity index (χ2n) is 4.05. The zero-order valence-corrected chi connectivity index (χ0v) is 11.1. The number of carbonyl (C=O) groups excluding carboxylic acids is 1. The number of unbranched alkanes of at least 4 members (excludes halogenated alkanes) is 1. The van der Waals surface area contributed by atoms with Crippen LogP contribution in [0.25, 0.3) is 0 Å². The molecule has 0 aliphatic carbocycles. The Morgan fingerprint density at radius 2 is 2.16 bits per heavy atom. The summed E-state index contributed by atoms with van der Waals surface area (Å²) in [5.74, 6) is 4.67. The zero-order valence-electron chi connectivity index (χ0n) is 11.1. The Hall–Kier alpha value is -2.06. The van der Waals surface area contributed by atoms with E-state index in [4.69, 9.17) is 5.11 Å². The van der Waals surface area contributed by atoms with Crippen molar-refractivity contribution >= 4 is 12.3 Å². The Morgan fingerprint density at radius 3 is 2.63 bits per heavy atom. The Bertz CT molecular complexity index is 546. The number of aliphatic hydroxyl groups is 1. The van der Waals surface area contributed by atoms with E-state index in [0.29, 0.717) is 36.8 Å². The van der Waals surface area contributed by atoms with E-state index in [2.05, 4.69) is 11.8 Å². The molecule has 1 heterocycles. The van der Waals surface area contributed by atoms with E-state index in [0.717, 1.165) is 0 Å². The molecule has 102 valence electrons. The third-order valence-electron chi connectivity index (χ3n) is 2.89. The van der Waals surface area contributed by atoms with Crippen LogP contribution in [0.15, 0.2) is 0 Å².